The number of hydrogen-bond acceptors (Lipinski definition) is 8. The largest absolute Gasteiger partial charge is 0.450 e. The van der Waals surface area contributed by atoms with E-state index in [0.717, 1.165) is 59.4 Å². The summed E-state index contributed by atoms with van der Waals surface area (Å²) in [5, 5.41) is 2.21. The van der Waals surface area contributed by atoms with Crippen molar-refractivity contribution in [2.75, 3.05) is 0 Å². The van der Waals surface area contributed by atoms with Gasteiger partial charge >= 0.3 is 18.5 Å². The molecule has 0 bridgehead atoms. The van der Waals surface area contributed by atoms with Crippen LogP contribution in [0.3, 0.4) is 0 Å². The van der Waals surface area contributed by atoms with E-state index in [-0.39, 0.29) is 49.4 Å². The van der Waals surface area contributed by atoms with E-state index in [1.165, 1.54) is 5.56 Å². The molecule has 2 heterocycles. The van der Waals surface area contributed by atoms with Crippen molar-refractivity contribution in [1.29, 1.82) is 0 Å². The summed E-state index contributed by atoms with van der Waals surface area (Å²) in [6.45, 7) is 2.80. The summed E-state index contributed by atoms with van der Waals surface area (Å²) in [4.78, 5) is 69.3. The van der Waals surface area contributed by atoms with E-state index < -0.39 is 72.5 Å². The molecule has 18 heteroatoms. The Kier molecular flexibility index (Phi) is 19.8. The zero-order valence-corrected chi connectivity index (χ0v) is 32.4. The van der Waals surface area contributed by atoms with Gasteiger partial charge in [-0.15, -0.1) is 0 Å². The van der Waals surface area contributed by atoms with Gasteiger partial charge in [0, 0.05) is 77.5 Å². The molecular weight excluding hydrogens is 915 g/mol. The number of fused-ring (bicyclic) bond motifs is 3. The number of ketones is 6. The second-order valence-corrected chi connectivity index (χ2v) is 11.7. The van der Waals surface area contributed by atoms with Gasteiger partial charge in [0.15, 0.2) is 0 Å². The fourth-order valence-electron chi connectivity index (χ4n) is 4.42. The Morgan fingerprint density at radius 3 is 1.30 bits per heavy atom. The van der Waals surface area contributed by atoms with Crippen LogP contribution < -0.4 is 0 Å². The molecule has 0 spiro atoms. The first kappa shape index (κ1) is 50.5. The van der Waals surface area contributed by atoms with E-state index in [4.69, 9.17) is 4.98 Å². The molecule has 0 saturated heterocycles. The molecule has 0 amide bonds. The van der Waals surface area contributed by atoms with E-state index in [1.807, 2.05) is 24.4 Å². The van der Waals surface area contributed by atoms with Crippen molar-refractivity contribution in [2.24, 2.45) is 0 Å². The van der Waals surface area contributed by atoms with E-state index in [1.54, 1.807) is 0 Å². The number of aromatic nitrogens is 2. The zero-order chi connectivity index (χ0) is 42.4. The van der Waals surface area contributed by atoms with Crippen LogP contribution in [-0.4, -0.2) is 63.2 Å². The van der Waals surface area contributed by atoms with E-state index >= 15 is 0 Å². The topological polar surface area (TPSA) is 128 Å². The second-order valence-electron chi connectivity index (χ2n) is 11.7. The number of nitrogens with zero attached hydrogens (tertiary/aromatic N) is 2. The number of hydrogen-bond donors (Lipinski definition) is 0. The Bertz CT molecular complexity index is 2100. The normalized spacial score (nSPS) is 10.9. The van der Waals surface area contributed by atoms with E-state index in [2.05, 4.69) is 77.8 Å². The summed E-state index contributed by atoms with van der Waals surface area (Å²) in [7, 11) is 0. The van der Waals surface area contributed by atoms with Gasteiger partial charge in [-0.1, -0.05) is 66.7 Å². The van der Waals surface area contributed by atoms with Crippen LogP contribution in [0.2, 0.25) is 0 Å². The van der Waals surface area contributed by atoms with Crippen molar-refractivity contribution < 1.29 is 118 Å². The van der Waals surface area contributed by atoms with Crippen LogP contribution in [-0.2, 0) is 28.8 Å². The van der Waals surface area contributed by atoms with Gasteiger partial charge in [-0.25, -0.2) is 4.98 Å². The van der Waals surface area contributed by atoms with Crippen molar-refractivity contribution in [3.8, 4) is 22.4 Å². The van der Waals surface area contributed by atoms with Gasteiger partial charge in [-0.3, -0.25) is 33.8 Å². The Balaban J connectivity index is 0.000000440. The van der Waals surface area contributed by atoms with Gasteiger partial charge in [-0.05, 0) is 50.6 Å². The van der Waals surface area contributed by atoms with Gasteiger partial charge in [0.2, 0.25) is 17.3 Å². The molecule has 0 aliphatic heterocycles. The molecule has 303 valence electrons. The van der Waals surface area contributed by atoms with Crippen LogP contribution in [0, 0.1) is 49.4 Å². The number of carbonyl (C=O) groups is 6. The molecule has 8 nitrogen and oxygen atoms in total. The molecule has 5 aromatic rings. The Morgan fingerprint density at radius 2 is 0.930 bits per heavy atom. The molecule has 0 unspecified atom stereocenters. The van der Waals surface area contributed by atoms with E-state index in [0.29, 0.717) is 0 Å². The molecule has 2 aromatic heterocycles. The maximum absolute atomic E-state index is 11.3. The van der Waals surface area contributed by atoms with Gasteiger partial charge in [-0.2, -0.15) is 39.5 Å². The van der Waals surface area contributed by atoms with Gasteiger partial charge < -0.3 is 0 Å². The zero-order valence-electron chi connectivity index (χ0n) is 30.0. The maximum atomic E-state index is 11.3. The average molecular weight is 947 g/mol. The smallest absolute Gasteiger partial charge is 0.300 e. The first-order chi connectivity index (χ1) is 25.9. The first-order valence-corrected chi connectivity index (χ1v) is 16.0. The molecule has 1 radical (unpaired) electrons. The van der Waals surface area contributed by atoms with Crippen molar-refractivity contribution in [3.63, 3.8) is 0 Å². The summed E-state index contributed by atoms with van der Waals surface area (Å²) in [6, 6.07) is 31.3. The molecule has 0 fully saturated rings. The van der Waals surface area contributed by atoms with Crippen LogP contribution in [0.4, 0.5) is 39.5 Å². The fraction of sp³-hybridized carbons (Fsp3) is 0.231. The number of halogens is 9. The third-order valence-corrected chi connectivity index (χ3v) is 6.88. The molecular formula is C39H31EuF9N2O6. The van der Waals surface area contributed by atoms with Crippen LogP contribution >= 0.6 is 0 Å². The average Bonchev–Trinajstić information content (AvgIpc) is 3.10. The summed E-state index contributed by atoms with van der Waals surface area (Å²) in [5.41, 5.74) is 6.41. The van der Waals surface area contributed by atoms with Gasteiger partial charge in [0.1, 0.15) is 17.3 Å². The minimum atomic E-state index is -4.87. The van der Waals surface area contributed by atoms with Gasteiger partial charge in [0.25, 0.3) is 0 Å². The van der Waals surface area contributed by atoms with Crippen molar-refractivity contribution in [2.45, 2.75) is 58.6 Å². The maximum Gasteiger partial charge on any atom is 0.450 e. The van der Waals surface area contributed by atoms with Crippen molar-refractivity contribution >= 4 is 56.5 Å². The molecule has 0 saturated carbocycles. The summed E-state index contributed by atoms with van der Waals surface area (Å²) in [6.07, 6.45) is -15.9. The number of rotatable bonds is 8. The molecule has 0 N–H and O–H groups in total. The summed E-state index contributed by atoms with van der Waals surface area (Å²) >= 11 is 0. The van der Waals surface area contributed by atoms with Crippen LogP contribution in [0.1, 0.15) is 40.0 Å². The summed E-state index contributed by atoms with van der Waals surface area (Å²) in [5.74, 6) is -8.29. The Morgan fingerprint density at radius 1 is 0.526 bits per heavy atom. The third kappa shape index (κ3) is 17.2. The predicted molar refractivity (Wildman–Crippen MR) is 187 cm³/mol. The minimum Gasteiger partial charge on any atom is -0.300 e. The molecule has 0 aliphatic rings. The minimum absolute atomic E-state index is 0. The third-order valence-electron chi connectivity index (χ3n) is 6.88. The van der Waals surface area contributed by atoms with Gasteiger partial charge in [0.05, 0.1) is 36.0 Å². The number of alkyl halides is 9. The molecule has 5 rings (SSSR count). The molecule has 57 heavy (non-hydrogen) atoms. The quantitative estimate of drug-likeness (QED) is 0.0856. The Hall–Kier alpha value is -4.55. The fourth-order valence-corrected chi connectivity index (χ4v) is 4.42. The number of Topliss-reactive ketones (excluding diaryl/α,β-unsaturated/α-hetero) is 6. The predicted octanol–water partition coefficient (Wildman–Crippen LogP) is 9.41. The number of carbonyl (C=O) groups excluding carboxylic acids is 6. The summed E-state index contributed by atoms with van der Waals surface area (Å²) < 4.78 is 102. The van der Waals surface area contributed by atoms with E-state index in [9.17, 15) is 68.3 Å². The number of benzene rings is 3. The van der Waals surface area contributed by atoms with Crippen LogP contribution in [0.5, 0.6) is 0 Å². The first-order valence-electron chi connectivity index (χ1n) is 16.0. The molecule has 0 aliphatic carbocycles. The number of pyridine rings is 2. The van der Waals surface area contributed by atoms with Crippen molar-refractivity contribution in [3.05, 3.63) is 97.2 Å². The monoisotopic (exact) mass is 947 g/mol. The van der Waals surface area contributed by atoms with Crippen LogP contribution in [0.15, 0.2) is 97.2 Å². The molecule has 3 aromatic carbocycles. The van der Waals surface area contributed by atoms with Crippen LogP contribution in [0.25, 0.3) is 44.2 Å². The standard InChI is InChI=1S/C24H16N2.3C5H5F3O2.Eu/c1-3-8-17(9-4-1)21-16-19-13-14-22-20(12-7-15-25-22)24(19)26-23(21)18-10-5-2-6-11-18;3*1-3(9)2-4(10)5(6,7)8;/h1-16H;3*2H2,1H3;. The van der Waals surface area contributed by atoms with Crippen molar-refractivity contribution in [1.82, 2.24) is 9.97 Å². The Labute approximate surface area is 359 Å². The molecule has 0 atom stereocenters. The SMILES string of the molecule is CC(=O)CC(=O)C(F)(F)F.CC(=O)CC(=O)C(F)(F)F.CC(=O)CC(=O)C(F)(F)F.[Eu].c1ccc(-c2cc3ccc4ncccc4c3nc2-c2ccccc2)cc1. The second kappa shape index (κ2) is 22.4.